The molecule has 0 aliphatic carbocycles. The fraction of sp³-hybridized carbons (Fsp3) is 0.222. The number of sulfone groups is 1. The molecular weight excluding hydrogens is 416 g/mol. The molecule has 0 aromatic heterocycles. The van der Waals surface area contributed by atoms with Crippen LogP contribution in [0.4, 0.5) is 17.6 Å². The lowest BCUT2D eigenvalue weighted by Crippen LogP contribution is -2.29. The number of hydrogen-bond acceptors (Lipinski definition) is 5. The van der Waals surface area contributed by atoms with Crippen LogP contribution in [0.2, 0.25) is 0 Å². The zero-order valence-corrected chi connectivity index (χ0v) is 15.5. The molecular formula is C18H14F4N2O4S. The minimum atomic E-state index is -4.54. The van der Waals surface area contributed by atoms with E-state index in [1.807, 2.05) is 0 Å². The summed E-state index contributed by atoms with van der Waals surface area (Å²) in [6.45, 7) is -0.619. The van der Waals surface area contributed by atoms with E-state index in [9.17, 15) is 30.8 Å². The molecule has 0 atom stereocenters. The summed E-state index contributed by atoms with van der Waals surface area (Å²) in [6, 6.07) is 7.19. The first-order valence-electron chi connectivity index (χ1n) is 8.24. The number of hydrazone groups is 1. The Kier molecular flexibility index (Phi) is 5.60. The maximum Gasteiger partial charge on any atom is 0.416 e. The summed E-state index contributed by atoms with van der Waals surface area (Å²) in [5, 5.41) is 3.83. The van der Waals surface area contributed by atoms with E-state index in [4.69, 9.17) is 4.74 Å². The van der Waals surface area contributed by atoms with E-state index in [-0.39, 0.29) is 34.1 Å². The van der Waals surface area contributed by atoms with Gasteiger partial charge in [0.25, 0.3) is 5.91 Å². The van der Waals surface area contributed by atoms with Crippen LogP contribution >= 0.6 is 0 Å². The van der Waals surface area contributed by atoms with Crippen LogP contribution in [0, 0.1) is 5.82 Å². The van der Waals surface area contributed by atoms with Crippen LogP contribution in [-0.2, 0) is 20.8 Å². The molecule has 11 heteroatoms. The minimum absolute atomic E-state index is 0.0342. The van der Waals surface area contributed by atoms with E-state index in [0.717, 1.165) is 36.4 Å². The first-order valence-corrected chi connectivity index (χ1v) is 9.89. The van der Waals surface area contributed by atoms with Crippen molar-refractivity contribution in [2.75, 3.05) is 12.4 Å². The molecule has 0 saturated carbocycles. The molecule has 0 unspecified atom stereocenters. The van der Waals surface area contributed by atoms with E-state index < -0.39 is 39.9 Å². The highest BCUT2D eigenvalue weighted by Gasteiger charge is 2.31. The van der Waals surface area contributed by atoms with Crippen LogP contribution in [0.5, 0.6) is 5.75 Å². The predicted octanol–water partition coefficient (Wildman–Crippen LogP) is 2.92. The second-order valence-electron chi connectivity index (χ2n) is 6.12. The molecule has 1 aliphatic heterocycles. The first-order chi connectivity index (χ1) is 13.6. The second-order valence-corrected chi connectivity index (χ2v) is 8.19. The largest absolute Gasteiger partial charge is 0.484 e. The Morgan fingerprint density at radius 1 is 1.17 bits per heavy atom. The number of halogens is 4. The van der Waals surface area contributed by atoms with Gasteiger partial charge in [-0.2, -0.15) is 18.3 Å². The number of benzene rings is 2. The number of nitrogens with one attached hydrogen (secondary N) is 1. The lowest BCUT2D eigenvalue weighted by Gasteiger charge is -2.18. The summed E-state index contributed by atoms with van der Waals surface area (Å²) < 4.78 is 80.7. The van der Waals surface area contributed by atoms with Gasteiger partial charge in [0.15, 0.2) is 16.4 Å². The third-order valence-corrected chi connectivity index (χ3v) is 5.81. The normalized spacial score (nSPS) is 16.9. The van der Waals surface area contributed by atoms with Gasteiger partial charge in [-0.3, -0.25) is 4.79 Å². The summed E-state index contributed by atoms with van der Waals surface area (Å²) in [7, 11) is -3.57. The number of alkyl halides is 3. The average Bonchev–Trinajstić information content (AvgIpc) is 2.65. The standard InChI is InChI=1S/C18H14F4N2O4S/c19-12-4-5-16-14(9-12)15(6-7-29(16,26)27)23-24-17(25)10-28-13-3-1-2-11(8-13)18(20,21)22/h1-5,8-9H,6-7,10H2,(H,24,25)/b23-15-. The van der Waals surface area contributed by atoms with Crippen molar-refractivity contribution < 1.29 is 35.5 Å². The summed E-state index contributed by atoms with van der Waals surface area (Å²) in [6.07, 6.45) is -4.58. The molecule has 2 aromatic carbocycles. The SMILES string of the molecule is O=C(COc1cccc(C(F)(F)F)c1)N/N=C1/CCS(=O)(=O)c2ccc(F)cc21. The first kappa shape index (κ1) is 20.8. The topological polar surface area (TPSA) is 84.8 Å². The highest BCUT2D eigenvalue weighted by molar-refractivity contribution is 7.91. The fourth-order valence-corrected chi connectivity index (χ4v) is 4.13. The molecule has 2 aromatic rings. The van der Waals surface area contributed by atoms with Gasteiger partial charge in [-0.1, -0.05) is 6.07 Å². The molecule has 1 aliphatic rings. The molecule has 0 spiro atoms. The zero-order valence-electron chi connectivity index (χ0n) is 14.7. The van der Waals surface area contributed by atoms with Crippen molar-refractivity contribution in [2.45, 2.75) is 17.5 Å². The number of ether oxygens (including phenoxy) is 1. The molecule has 1 heterocycles. The fourth-order valence-electron chi connectivity index (χ4n) is 2.66. The summed E-state index contributed by atoms with van der Waals surface area (Å²) in [5.41, 5.74) is 1.44. The highest BCUT2D eigenvalue weighted by Crippen LogP contribution is 2.31. The number of amides is 1. The molecule has 29 heavy (non-hydrogen) atoms. The van der Waals surface area contributed by atoms with E-state index in [1.165, 1.54) is 6.07 Å². The van der Waals surface area contributed by atoms with Gasteiger partial charge < -0.3 is 4.74 Å². The minimum Gasteiger partial charge on any atom is -0.484 e. The smallest absolute Gasteiger partial charge is 0.416 e. The lowest BCUT2D eigenvalue weighted by molar-refractivity contribution is -0.137. The van der Waals surface area contributed by atoms with E-state index in [1.54, 1.807) is 0 Å². The van der Waals surface area contributed by atoms with Crippen molar-refractivity contribution in [2.24, 2.45) is 5.10 Å². The van der Waals surface area contributed by atoms with Crippen molar-refractivity contribution in [1.82, 2.24) is 5.43 Å². The summed E-state index contributed by atoms with van der Waals surface area (Å²) in [4.78, 5) is 11.8. The Hall–Kier alpha value is -2.95. The molecule has 0 fully saturated rings. The van der Waals surface area contributed by atoms with Crippen molar-refractivity contribution in [3.8, 4) is 5.75 Å². The third kappa shape index (κ3) is 4.91. The molecule has 3 rings (SSSR count). The summed E-state index contributed by atoms with van der Waals surface area (Å²) >= 11 is 0. The number of fused-ring (bicyclic) bond motifs is 1. The van der Waals surface area contributed by atoms with Gasteiger partial charge >= 0.3 is 6.18 Å². The van der Waals surface area contributed by atoms with Crippen molar-refractivity contribution in [1.29, 1.82) is 0 Å². The molecule has 0 radical (unpaired) electrons. The van der Waals surface area contributed by atoms with Gasteiger partial charge in [0, 0.05) is 12.0 Å². The van der Waals surface area contributed by atoms with Gasteiger partial charge in [0.1, 0.15) is 11.6 Å². The molecule has 0 saturated heterocycles. The monoisotopic (exact) mass is 430 g/mol. The molecule has 0 bridgehead atoms. The Labute approximate surface area is 163 Å². The van der Waals surface area contributed by atoms with Gasteiger partial charge in [-0.05, 0) is 36.4 Å². The Morgan fingerprint density at radius 2 is 1.93 bits per heavy atom. The summed E-state index contributed by atoms with van der Waals surface area (Å²) in [5.74, 6) is -1.84. The van der Waals surface area contributed by atoms with Gasteiger partial charge in [-0.15, -0.1) is 0 Å². The third-order valence-electron chi connectivity index (χ3n) is 4.04. The maximum absolute atomic E-state index is 13.5. The van der Waals surface area contributed by atoms with E-state index in [2.05, 4.69) is 10.5 Å². The number of rotatable bonds is 4. The van der Waals surface area contributed by atoms with Crippen molar-refractivity contribution in [3.63, 3.8) is 0 Å². The van der Waals surface area contributed by atoms with Crippen LogP contribution in [0.25, 0.3) is 0 Å². The lowest BCUT2D eigenvalue weighted by atomic mass is 10.1. The molecule has 6 nitrogen and oxygen atoms in total. The number of carbonyl (C=O) groups is 1. The maximum atomic E-state index is 13.5. The molecule has 1 N–H and O–H groups in total. The number of carbonyl (C=O) groups excluding carboxylic acids is 1. The van der Waals surface area contributed by atoms with Crippen molar-refractivity contribution in [3.05, 3.63) is 59.4 Å². The van der Waals surface area contributed by atoms with Crippen LogP contribution in [0.15, 0.2) is 52.5 Å². The average molecular weight is 430 g/mol. The van der Waals surface area contributed by atoms with Gasteiger partial charge in [0.2, 0.25) is 0 Å². The predicted molar refractivity (Wildman–Crippen MR) is 94.7 cm³/mol. The number of nitrogens with zero attached hydrogens (tertiary/aromatic N) is 1. The highest BCUT2D eigenvalue weighted by atomic mass is 32.2. The zero-order chi connectivity index (χ0) is 21.2. The van der Waals surface area contributed by atoms with Crippen LogP contribution in [0.1, 0.15) is 17.5 Å². The second kappa shape index (κ2) is 7.82. The van der Waals surface area contributed by atoms with Gasteiger partial charge in [-0.25, -0.2) is 18.2 Å². The molecule has 154 valence electrons. The van der Waals surface area contributed by atoms with E-state index in [0.29, 0.717) is 0 Å². The Balaban J connectivity index is 1.68. The molecule has 1 amide bonds. The Morgan fingerprint density at radius 3 is 2.66 bits per heavy atom. The quantitative estimate of drug-likeness (QED) is 0.459. The number of hydrogen-bond donors (Lipinski definition) is 1. The van der Waals surface area contributed by atoms with Crippen molar-refractivity contribution >= 4 is 21.5 Å². The van der Waals surface area contributed by atoms with Crippen LogP contribution < -0.4 is 10.2 Å². The van der Waals surface area contributed by atoms with Crippen LogP contribution in [0.3, 0.4) is 0 Å². The van der Waals surface area contributed by atoms with Gasteiger partial charge in [0.05, 0.1) is 21.9 Å². The van der Waals surface area contributed by atoms with E-state index >= 15 is 0 Å². The Bertz CT molecular complexity index is 1080. The van der Waals surface area contributed by atoms with Crippen LogP contribution in [-0.4, -0.2) is 32.4 Å².